The van der Waals surface area contributed by atoms with E-state index in [0.29, 0.717) is 29.2 Å². The summed E-state index contributed by atoms with van der Waals surface area (Å²) in [6.45, 7) is 3.80. The fourth-order valence-corrected chi connectivity index (χ4v) is 2.89. The van der Waals surface area contributed by atoms with Gasteiger partial charge in [0.25, 0.3) is 5.91 Å². The molecule has 1 amide bonds. The van der Waals surface area contributed by atoms with Gasteiger partial charge in [0.15, 0.2) is 0 Å². The van der Waals surface area contributed by atoms with Crippen LogP contribution in [0.25, 0.3) is 10.8 Å². The lowest BCUT2D eigenvalue weighted by Gasteiger charge is -2.22. The number of amides is 1. The summed E-state index contributed by atoms with van der Waals surface area (Å²) in [4.78, 5) is 14.4. The predicted octanol–water partition coefficient (Wildman–Crippen LogP) is 3.30. The van der Waals surface area contributed by atoms with E-state index in [4.69, 9.17) is 14.2 Å². The minimum Gasteiger partial charge on any atom is -0.496 e. The van der Waals surface area contributed by atoms with E-state index in [1.54, 1.807) is 41.5 Å². The molecule has 0 bridgehead atoms. The molecule has 0 atom stereocenters. The number of carbonyl (C=O) groups excluding carboxylic acids is 1. The Morgan fingerprint density at radius 2 is 1.79 bits per heavy atom. The SMILES string of the molecule is C=CCc1c(C(=O)N(C)C)c(OC)c2c(OC)cccc2c1OC. The molecular weight excluding hydrogens is 306 g/mol. The van der Waals surface area contributed by atoms with Crippen molar-refractivity contribution in [3.8, 4) is 17.2 Å². The fourth-order valence-electron chi connectivity index (χ4n) is 2.89. The maximum Gasteiger partial charge on any atom is 0.257 e. The van der Waals surface area contributed by atoms with Gasteiger partial charge in [-0.1, -0.05) is 18.2 Å². The lowest BCUT2D eigenvalue weighted by atomic mass is 9.94. The molecule has 24 heavy (non-hydrogen) atoms. The van der Waals surface area contributed by atoms with Gasteiger partial charge < -0.3 is 19.1 Å². The molecule has 0 N–H and O–H groups in total. The van der Waals surface area contributed by atoms with Crippen molar-refractivity contribution in [2.24, 2.45) is 0 Å². The highest BCUT2D eigenvalue weighted by Gasteiger charge is 2.27. The zero-order valence-corrected chi connectivity index (χ0v) is 14.8. The minimum absolute atomic E-state index is 0.158. The average Bonchev–Trinajstić information content (AvgIpc) is 2.59. The summed E-state index contributed by atoms with van der Waals surface area (Å²) in [5.74, 6) is 1.59. The van der Waals surface area contributed by atoms with E-state index in [-0.39, 0.29) is 5.91 Å². The van der Waals surface area contributed by atoms with Crippen LogP contribution in [0.2, 0.25) is 0 Å². The minimum atomic E-state index is -0.158. The zero-order valence-electron chi connectivity index (χ0n) is 14.8. The second kappa shape index (κ2) is 7.25. The van der Waals surface area contributed by atoms with Crippen LogP contribution in [0, 0.1) is 0 Å². The Hall–Kier alpha value is -2.69. The van der Waals surface area contributed by atoms with Gasteiger partial charge in [0.05, 0.1) is 32.3 Å². The van der Waals surface area contributed by atoms with Gasteiger partial charge in [0, 0.05) is 25.0 Å². The lowest BCUT2D eigenvalue weighted by Crippen LogP contribution is -2.24. The van der Waals surface area contributed by atoms with Gasteiger partial charge in [-0.05, 0) is 12.5 Å². The molecule has 2 aromatic carbocycles. The van der Waals surface area contributed by atoms with Crippen LogP contribution in [0.5, 0.6) is 17.2 Å². The first-order valence-corrected chi connectivity index (χ1v) is 7.57. The molecule has 5 heteroatoms. The monoisotopic (exact) mass is 329 g/mol. The molecular formula is C19H23NO4. The van der Waals surface area contributed by atoms with Crippen molar-refractivity contribution in [2.75, 3.05) is 35.4 Å². The van der Waals surface area contributed by atoms with Crippen LogP contribution in [0.15, 0.2) is 30.9 Å². The normalized spacial score (nSPS) is 10.4. The summed E-state index contributed by atoms with van der Waals surface area (Å²) in [7, 11) is 8.15. The van der Waals surface area contributed by atoms with Gasteiger partial charge in [-0.2, -0.15) is 0 Å². The van der Waals surface area contributed by atoms with Gasteiger partial charge in [-0.3, -0.25) is 4.79 Å². The van der Waals surface area contributed by atoms with Crippen molar-refractivity contribution in [3.63, 3.8) is 0 Å². The summed E-state index contributed by atoms with van der Waals surface area (Å²) in [6, 6.07) is 5.64. The van der Waals surface area contributed by atoms with E-state index < -0.39 is 0 Å². The standard InChI is InChI=1S/C19H23NO4/c1-7-9-12-16(19(21)20(2)3)18(24-6)15-13(17(12)23-5)10-8-11-14(15)22-4/h7-8,10-11H,1,9H2,2-6H3. The largest absolute Gasteiger partial charge is 0.496 e. The first-order valence-electron chi connectivity index (χ1n) is 7.57. The molecule has 0 unspecified atom stereocenters. The van der Waals surface area contributed by atoms with Crippen LogP contribution >= 0.6 is 0 Å². The molecule has 0 heterocycles. The number of methoxy groups -OCH3 is 3. The summed E-state index contributed by atoms with van der Waals surface area (Å²) in [6.07, 6.45) is 2.23. The van der Waals surface area contributed by atoms with Crippen molar-refractivity contribution < 1.29 is 19.0 Å². The van der Waals surface area contributed by atoms with Crippen LogP contribution in [-0.2, 0) is 6.42 Å². The molecule has 0 aromatic heterocycles. The zero-order chi connectivity index (χ0) is 17.9. The van der Waals surface area contributed by atoms with Crippen LogP contribution in [0.3, 0.4) is 0 Å². The van der Waals surface area contributed by atoms with Crippen molar-refractivity contribution in [2.45, 2.75) is 6.42 Å². The molecule has 0 saturated carbocycles. The molecule has 128 valence electrons. The van der Waals surface area contributed by atoms with E-state index in [9.17, 15) is 4.79 Å². The van der Waals surface area contributed by atoms with Crippen molar-refractivity contribution in [1.29, 1.82) is 0 Å². The highest BCUT2D eigenvalue weighted by Crippen LogP contribution is 2.45. The van der Waals surface area contributed by atoms with E-state index in [2.05, 4.69) is 6.58 Å². The Labute approximate surface area is 142 Å². The number of hydrogen-bond donors (Lipinski definition) is 0. The summed E-state index contributed by atoms with van der Waals surface area (Å²) in [5.41, 5.74) is 1.22. The van der Waals surface area contributed by atoms with Crippen LogP contribution < -0.4 is 14.2 Å². The fraction of sp³-hybridized carbons (Fsp3) is 0.316. The number of rotatable bonds is 6. The maximum atomic E-state index is 12.8. The molecule has 0 aliphatic heterocycles. The van der Waals surface area contributed by atoms with Crippen molar-refractivity contribution in [3.05, 3.63) is 42.0 Å². The van der Waals surface area contributed by atoms with E-state index in [1.165, 1.54) is 4.90 Å². The molecule has 0 saturated heterocycles. The molecule has 2 aromatic rings. The van der Waals surface area contributed by atoms with E-state index >= 15 is 0 Å². The summed E-state index contributed by atoms with van der Waals surface area (Å²) >= 11 is 0. The molecule has 0 fully saturated rings. The van der Waals surface area contributed by atoms with Gasteiger partial charge in [-0.25, -0.2) is 0 Å². The van der Waals surface area contributed by atoms with Crippen molar-refractivity contribution >= 4 is 16.7 Å². The number of fused-ring (bicyclic) bond motifs is 1. The number of benzene rings is 2. The lowest BCUT2D eigenvalue weighted by molar-refractivity contribution is 0.0823. The maximum absolute atomic E-state index is 12.8. The molecule has 0 aliphatic rings. The number of nitrogens with zero attached hydrogens (tertiary/aromatic N) is 1. The quantitative estimate of drug-likeness (QED) is 0.763. The second-order valence-corrected chi connectivity index (χ2v) is 5.50. The third kappa shape index (κ3) is 2.77. The highest BCUT2D eigenvalue weighted by molar-refractivity contribution is 6.09. The van der Waals surface area contributed by atoms with Gasteiger partial charge in [-0.15, -0.1) is 6.58 Å². The van der Waals surface area contributed by atoms with Gasteiger partial charge in [0.2, 0.25) is 0 Å². The van der Waals surface area contributed by atoms with Crippen molar-refractivity contribution in [1.82, 2.24) is 4.90 Å². The van der Waals surface area contributed by atoms with Gasteiger partial charge >= 0.3 is 0 Å². The van der Waals surface area contributed by atoms with Crippen LogP contribution in [-0.4, -0.2) is 46.2 Å². The second-order valence-electron chi connectivity index (χ2n) is 5.50. The number of ether oxygens (including phenoxy) is 3. The molecule has 5 nitrogen and oxygen atoms in total. The highest BCUT2D eigenvalue weighted by atomic mass is 16.5. The number of hydrogen-bond acceptors (Lipinski definition) is 4. The Kier molecular flexibility index (Phi) is 5.34. The molecule has 2 rings (SSSR count). The molecule has 0 radical (unpaired) electrons. The van der Waals surface area contributed by atoms with E-state index in [1.807, 2.05) is 18.2 Å². The smallest absolute Gasteiger partial charge is 0.257 e. The van der Waals surface area contributed by atoms with E-state index in [0.717, 1.165) is 16.3 Å². The van der Waals surface area contributed by atoms with Gasteiger partial charge in [0.1, 0.15) is 17.2 Å². The Morgan fingerprint density at radius 1 is 1.12 bits per heavy atom. The summed E-state index contributed by atoms with van der Waals surface area (Å²) < 4.78 is 16.8. The first kappa shape index (κ1) is 17.7. The molecule has 0 aliphatic carbocycles. The Balaban J connectivity index is 3.07. The number of allylic oxidation sites excluding steroid dienone is 1. The summed E-state index contributed by atoms with van der Waals surface area (Å²) in [5, 5.41) is 1.55. The Bertz CT molecular complexity index is 781. The molecule has 0 spiro atoms. The first-order chi connectivity index (χ1) is 11.5. The average molecular weight is 329 g/mol. The topological polar surface area (TPSA) is 48.0 Å². The number of carbonyl (C=O) groups is 1. The van der Waals surface area contributed by atoms with Crippen LogP contribution in [0.4, 0.5) is 0 Å². The third-order valence-corrected chi connectivity index (χ3v) is 3.90. The van der Waals surface area contributed by atoms with Crippen LogP contribution in [0.1, 0.15) is 15.9 Å². The third-order valence-electron chi connectivity index (χ3n) is 3.90. The Morgan fingerprint density at radius 3 is 2.29 bits per heavy atom. The predicted molar refractivity (Wildman–Crippen MR) is 95.5 cm³/mol.